The van der Waals surface area contributed by atoms with Gasteiger partial charge in [0.2, 0.25) is 0 Å². The largest absolute Gasteiger partial charge is 0.496 e. The first-order valence-corrected chi connectivity index (χ1v) is 8.54. The number of ether oxygens (including phenoxy) is 3. The molecule has 0 radical (unpaired) electrons. The van der Waals surface area contributed by atoms with Crippen LogP contribution < -0.4 is 14.2 Å². The van der Waals surface area contributed by atoms with Crippen LogP contribution in [0, 0.1) is 18.3 Å². The van der Waals surface area contributed by atoms with E-state index in [1.807, 2.05) is 37.3 Å². The van der Waals surface area contributed by atoms with Crippen LogP contribution in [0.15, 0.2) is 30.3 Å². The average Bonchev–Trinajstić information content (AvgIpc) is 2.98. The number of rotatable bonds is 3. The number of hydrogen-bond donors (Lipinski definition) is 1. The zero-order valence-electron chi connectivity index (χ0n) is 15.6. The molecule has 0 aliphatic heterocycles. The van der Waals surface area contributed by atoms with Crippen LogP contribution in [-0.2, 0) is 0 Å². The third kappa shape index (κ3) is 2.20. The summed E-state index contributed by atoms with van der Waals surface area (Å²) in [5, 5.41) is 22.5. The molecular weight excluding hydrogens is 342 g/mol. The van der Waals surface area contributed by atoms with Crippen molar-refractivity contribution in [2.75, 3.05) is 21.3 Å². The lowest BCUT2D eigenvalue weighted by atomic mass is 9.91. The van der Waals surface area contributed by atoms with Crippen molar-refractivity contribution in [2.45, 2.75) is 13.0 Å². The number of aliphatic hydroxyl groups is 1. The van der Waals surface area contributed by atoms with Crippen LogP contribution in [-0.4, -0.2) is 26.4 Å². The number of fused-ring (bicyclic) bond motifs is 5. The topological polar surface area (TPSA) is 71.7 Å². The fraction of sp³-hybridized carbons (Fsp3) is 0.227. The van der Waals surface area contributed by atoms with Gasteiger partial charge in [-0.1, -0.05) is 12.1 Å². The number of nitriles is 1. The molecule has 0 amide bonds. The highest BCUT2D eigenvalue weighted by Gasteiger charge is 2.37. The van der Waals surface area contributed by atoms with Gasteiger partial charge in [0.05, 0.1) is 21.3 Å². The summed E-state index contributed by atoms with van der Waals surface area (Å²) >= 11 is 0. The van der Waals surface area contributed by atoms with Gasteiger partial charge in [0.1, 0.15) is 35.0 Å². The average molecular weight is 361 g/mol. The summed E-state index contributed by atoms with van der Waals surface area (Å²) in [5.74, 6) is 1.68. The Bertz CT molecular complexity index is 1130. The summed E-state index contributed by atoms with van der Waals surface area (Å²) in [6, 6.07) is 11.6. The minimum atomic E-state index is -0.870. The number of methoxy groups -OCH3 is 3. The van der Waals surface area contributed by atoms with Crippen molar-refractivity contribution in [3.05, 3.63) is 52.6 Å². The van der Waals surface area contributed by atoms with Crippen molar-refractivity contribution in [3.63, 3.8) is 0 Å². The van der Waals surface area contributed by atoms with Crippen LogP contribution in [0.3, 0.4) is 0 Å². The highest BCUT2D eigenvalue weighted by atomic mass is 16.5. The first-order valence-electron chi connectivity index (χ1n) is 8.54. The molecule has 0 fully saturated rings. The van der Waals surface area contributed by atoms with Crippen molar-refractivity contribution in [1.82, 2.24) is 0 Å². The Morgan fingerprint density at radius 3 is 2.37 bits per heavy atom. The third-order valence-corrected chi connectivity index (χ3v) is 5.14. The SMILES string of the molecule is COc1cccc2c1-c1c(OC)c(C#N)c3cc(C)cc(OC)c3c1C2O. The van der Waals surface area contributed by atoms with Gasteiger partial charge in [0.15, 0.2) is 0 Å². The maximum atomic E-state index is 11.2. The van der Waals surface area contributed by atoms with Crippen LogP contribution in [0.5, 0.6) is 17.2 Å². The summed E-state index contributed by atoms with van der Waals surface area (Å²) in [5.41, 5.74) is 4.21. The molecule has 0 heterocycles. The molecule has 136 valence electrons. The Labute approximate surface area is 157 Å². The number of hydrogen-bond acceptors (Lipinski definition) is 5. The summed E-state index contributed by atoms with van der Waals surface area (Å²) in [4.78, 5) is 0. The smallest absolute Gasteiger partial charge is 0.145 e. The van der Waals surface area contributed by atoms with Gasteiger partial charge in [-0.15, -0.1) is 0 Å². The second-order valence-corrected chi connectivity index (χ2v) is 6.53. The van der Waals surface area contributed by atoms with Gasteiger partial charge in [-0.05, 0) is 36.2 Å². The lowest BCUT2D eigenvalue weighted by Crippen LogP contribution is -2.01. The lowest BCUT2D eigenvalue weighted by molar-refractivity contribution is 0.226. The normalized spacial score (nSPS) is 14.4. The van der Waals surface area contributed by atoms with E-state index in [2.05, 4.69) is 6.07 Å². The van der Waals surface area contributed by atoms with Gasteiger partial charge in [-0.3, -0.25) is 0 Å². The molecular formula is C22H19NO4. The molecule has 3 aromatic carbocycles. The Balaban J connectivity index is 2.30. The number of nitrogens with zero attached hydrogens (tertiary/aromatic N) is 1. The van der Waals surface area contributed by atoms with E-state index < -0.39 is 6.10 Å². The van der Waals surface area contributed by atoms with Gasteiger partial charge < -0.3 is 19.3 Å². The molecule has 1 unspecified atom stereocenters. The quantitative estimate of drug-likeness (QED) is 0.760. The lowest BCUT2D eigenvalue weighted by Gasteiger charge is -2.18. The highest BCUT2D eigenvalue weighted by Crippen LogP contribution is 2.57. The monoisotopic (exact) mass is 361 g/mol. The minimum Gasteiger partial charge on any atom is -0.496 e. The van der Waals surface area contributed by atoms with Crippen molar-refractivity contribution < 1.29 is 19.3 Å². The molecule has 0 saturated carbocycles. The highest BCUT2D eigenvalue weighted by molar-refractivity contribution is 6.06. The van der Waals surface area contributed by atoms with E-state index in [0.717, 1.165) is 22.1 Å². The fourth-order valence-electron chi connectivity index (χ4n) is 4.09. The molecule has 3 aromatic rings. The van der Waals surface area contributed by atoms with E-state index >= 15 is 0 Å². The molecule has 5 heteroatoms. The van der Waals surface area contributed by atoms with Crippen LogP contribution in [0.4, 0.5) is 0 Å². The van der Waals surface area contributed by atoms with E-state index in [1.54, 1.807) is 14.2 Å². The van der Waals surface area contributed by atoms with E-state index in [0.29, 0.717) is 39.3 Å². The summed E-state index contributed by atoms with van der Waals surface area (Å²) in [7, 11) is 4.71. The Hall–Kier alpha value is -3.23. The van der Waals surface area contributed by atoms with Gasteiger partial charge in [-0.2, -0.15) is 5.26 Å². The fourth-order valence-corrected chi connectivity index (χ4v) is 4.09. The molecule has 0 bridgehead atoms. The third-order valence-electron chi connectivity index (χ3n) is 5.14. The minimum absolute atomic E-state index is 0.416. The molecule has 5 nitrogen and oxygen atoms in total. The van der Waals surface area contributed by atoms with Crippen molar-refractivity contribution in [1.29, 1.82) is 5.26 Å². The summed E-state index contributed by atoms with van der Waals surface area (Å²) in [6.45, 7) is 1.94. The van der Waals surface area contributed by atoms with Crippen molar-refractivity contribution in [2.24, 2.45) is 0 Å². The zero-order chi connectivity index (χ0) is 19.3. The number of aliphatic hydroxyl groups excluding tert-OH is 1. The first-order chi connectivity index (χ1) is 13.1. The van der Waals surface area contributed by atoms with Crippen LogP contribution in [0.25, 0.3) is 21.9 Å². The Kier molecular flexibility index (Phi) is 3.94. The molecule has 1 aliphatic rings. The van der Waals surface area contributed by atoms with Gasteiger partial charge in [-0.25, -0.2) is 0 Å². The van der Waals surface area contributed by atoms with Gasteiger partial charge in [0.25, 0.3) is 0 Å². The molecule has 0 aromatic heterocycles. The summed E-state index contributed by atoms with van der Waals surface area (Å²) < 4.78 is 16.8. The van der Waals surface area contributed by atoms with Crippen molar-refractivity contribution in [3.8, 4) is 34.4 Å². The molecule has 1 aliphatic carbocycles. The van der Waals surface area contributed by atoms with E-state index in [1.165, 1.54) is 7.11 Å². The zero-order valence-corrected chi connectivity index (χ0v) is 15.6. The first kappa shape index (κ1) is 17.2. The number of benzene rings is 3. The maximum absolute atomic E-state index is 11.2. The molecule has 0 spiro atoms. The van der Waals surface area contributed by atoms with E-state index in [4.69, 9.17) is 14.2 Å². The second-order valence-electron chi connectivity index (χ2n) is 6.53. The van der Waals surface area contributed by atoms with E-state index in [9.17, 15) is 10.4 Å². The second kappa shape index (κ2) is 6.19. The van der Waals surface area contributed by atoms with Crippen LogP contribution in [0.1, 0.15) is 28.4 Å². The predicted octanol–water partition coefficient (Wildman–Crippen LogP) is 4.11. The standard InChI is InChI=1S/C22H19NO4/c1-11-8-13-14(10-23)22(27-4)20-17-12(6-5-7-15(17)25-2)21(24)19(20)18(13)16(9-11)26-3/h5-9,21,24H,1-4H3. The molecule has 4 rings (SSSR count). The number of aryl methyl sites for hydroxylation is 1. The Morgan fingerprint density at radius 1 is 1.00 bits per heavy atom. The molecule has 27 heavy (non-hydrogen) atoms. The van der Waals surface area contributed by atoms with E-state index in [-0.39, 0.29) is 0 Å². The van der Waals surface area contributed by atoms with Crippen LogP contribution in [0.2, 0.25) is 0 Å². The van der Waals surface area contributed by atoms with Gasteiger partial charge >= 0.3 is 0 Å². The molecule has 1 N–H and O–H groups in total. The molecule has 0 saturated heterocycles. The molecule has 1 atom stereocenters. The Morgan fingerprint density at radius 2 is 1.74 bits per heavy atom. The van der Waals surface area contributed by atoms with Crippen LogP contribution >= 0.6 is 0 Å². The summed E-state index contributed by atoms with van der Waals surface area (Å²) in [6.07, 6.45) is -0.870. The predicted molar refractivity (Wildman–Crippen MR) is 103 cm³/mol. The maximum Gasteiger partial charge on any atom is 0.145 e. The van der Waals surface area contributed by atoms with Gasteiger partial charge in [0, 0.05) is 27.5 Å². The van der Waals surface area contributed by atoms with Crippen molar-refractivity contribution >= 4 is 10.8 Å².